The quantitative estimate of drug-likeness (QED) is 0.836. The summed E-state index contributed by atoms with van der Waals surface area (Å²) in [5.74, 6) is 1.63. The van der Waals surface area contributed by atoms with Crippen molar-refractivity contribution in [3.63, 3.8) is 0 Å². The van der Waals surface area contributed by atoms with Crippen molar-refractivity contribution in [2.75, 3.05) is 25.6 Å². The van der Waals surface area contributed by atoms with Crippen LogP contribution in [0.5, 0.6) is 11.8 Å². The van der Waals surface area contributed by atoms with E-state index < -0.39 is 0 Å². The van der Waals surface area contributed by atoms with Gasteiger partial charge in [0.15, 0.2) is 5.82 Å². The lowest BCUT2D eigenvalue weighted by molar-refractivity contribution is 0.292. The number of hydrogen-bond donors (Lipinski definition) is 1. The van der Waals surface area contributed by atoms with Gasteiger partial charge in [-0.05, 0) is 19.4 Å². The van der Waals surface area contributed by atoms with Crippen molar-refractivity contribution < 1.29 is 9.47 Å². The van der Waals surface area contributed by atoms with Gasteiger partial charge in [0, 0.05) is 18.3 Å². The molecule has 0 aliphatic carbocycles. The fraction of sp³-hybridized carbons (Fsp3) is 0.429. The second kappa shape index (κ2) is 7.37. The molecule has 0 spiro atoms. The molecule has 0 aliphatic rings. The van der Waals surface area contributed by atoms with Gasteiger partial charge in [0.2, 0.25) is 5.95 Å². The van der Waals surface area contributed by atoms with Gasteiger partial charge in [-0.2, -0.15) is 15.0 Å². The summed E-state index contributed by atoms with van der Waals surface area (Å²) < 4.78 is 10.7. The molecule has 0 fully saturated rings. The number of rotatable bonds is 7. The zero-order chi connectivity index (χ0) is 15.1. The topological polar surface area (TPSA) is 82.0 Å². The molecule has 0 aliphatic heterocycles. The maximum atomic E-state index is 5.51. The summed E-state index contributed by atoms with van der Waals surface area (Å²) in [4.78, 5) is 17.0. The highest BCUT2D eigenvalue weighted by Crippen LogP contribution is 2.21. The predicted molar refractivity (Wildman–Crippen MR) is 79.6 cm³/mol. The van der Waals surface area contributed by atoms with Crippen molar-refractivity contribution in [1.82, 2.24) is 19.9 Å². The molecule has 2 aromatic rings. The summed E-state index contributed by atoms with van der Waals surface area (Å²) >= 11 is 0. The molecule has 0 saturated heterocycles. The average Bonchev–Trinajstić information content (AvgIpc) is 2.53. The molecule has 7 nitrogen and oxygen atoms in total. The summed E-state index contributed by atoms with van der Waals surface area (Å²) in [6.45, 7) is 5.28. The fourth-order valence-electron chi connectivity index (χ4n) is 1.63. The molecule has 0 aromatic carbocycles. The van der Waals surface area contributed by atoms with E-state index in [-0.39, 0.29) is 0 Å². The lowest BCUT2D eigenvalue weighted by Gasteiger charge is -2.08. The predicted octanol–water partition coefficient (Wildman–Crippen LogP) is 2.16. The zero-order valence-corrected chi connectivity index (χ0v) is 12.5. The second-order valence-corrected chi connectivity index (χ2v) is 4.26. The van der Waals surface area contributed by atoms with Crippen LogP contribution in [0, 0.1) is 0 Å². The van der Waals surface area contributed by atoms with Crippen LogP contribution in [-0.4, -0.2) is 40.2 Å². The highest BCUT2D eigenvalue weighted by molar-refractivity contribution is 5.57. The molecule has 2 heterocycles. The first-order chi connectivity index (χ1) is 10.3. The number of anilines is 1. The molecule has 1 N–H and O–H groups in total. The maximum Gasteiger partial charge on any atom is 0.321 e. The van der Waals surface area contributed by atoms with Crippen LogP contribution in [0.25, 0.3) is 11.4 Å². The van der Waals surface area contributed by atoms with Crippen molar-refractivity contribution in [1.29, 1.82) is 0 Å². The van der Waals surface area contributed by atoms with E-state index in [9.17, 15) is 0 Å². The minimum atomic E-state index is 0.306. The average molecular weight is 289 g/mol. The van der Waals surface area contributed by atoms with Gasteiger partial charge in [-0.3, -0.25) is 4.98 Å². The Labute approximate surface area is 123 Å². The van der Waals surface area contributed by atoms with Crippen molar-refractivity contribution in [2.45, 2.75) is 20.3 Å². The third-order valence-electron chi connectivity index (χ3n) is 2.59. The van der Waals surface area contributed by atoms with Crippen LogP contribution in [0.1, 0.15) is 20.3 Å². The lowest BCUT2D eigenvalue weighted by atomic mass is 10.2. The van der Waals surface area contributed by atoms with Crippen molar-refractivity contribution in [2.24, 2.45) is 0 Å². The number of nitrogens with zero attached hydrogens (tertiary/aromatic N) is 4. The van der Waals surface area contributed by atoms with Crippen LogP contribution >= 0.6 is 0 Å². The van der Waals surface area contributed by atoms with E-state index in [1.165, 1.54) is 0 Å². The van der Waals surface area contributed by atoms with Crippen LogP contribution in [0.2, 0.25) is 0 Å². The van der Waals surface area contributed by atoms with Gasteiger partial charge in [0.25, 0.3) is 0 Å². The van der Waals surface area contributed by atoms with Crippen LogP contribution < -0.4 is 14.8 Å². The molecule has 7 heteroatoms. The molecule has 0 bridgehead atoms. The van der Waals surface area contributed by atoms with E-state index in [2.05, 4.69) is 25.3 Å². The van der Waals surface area contributed by atoms with Gasteiger partial charge in [-0.25, -0.2) is 0 Å². The summed E-state index contributed by atoms with van der Waals surface area (Å²) in [5, 5.41) is 3.07. The Bertz CT molecular complexity index is 591. The Morgan fingerprint density at radius 1 is 1.14 bits per heavy atom. The molecular weight excluding hydrogens is 270 g/mol. The molecular formula is C14H19N5O2. The fourth-order valence-corrected chi connectivity index (χ4v) is 1.63. The number of aromatic nitrogens is 4. The summed E-state index contributed by atoms with van der Waals surface area (Å²) in [5.41, 5.74) is 0.747. The summed E-state index contributed by atoms with van der Waals surface area (Å²) in [7, 11) is 1.59. The molecule has 112 valence electrons. The van der Waals surface area contributed by atoms with E-state index in [1.54, 1.807) is 19.5 Å². The monoisotopic (exact) mass is 289 g/mol. The van der Waals surface area contributed by atoms with Crippen molar-refractivity contribution >= 4 is 5.95 Å². The van der Waals surface area contributed by atoms with E-state index in [0.717, 1.165) is 12.0 Å². The maximum absolute atomic E-state index is 5.51. The summed E-state index contributed by atoms with van der Waals surface area (Å²) in [6.07, 6.45) is 4.19. The Balaban J connectivity index is 2.37. The van der Waals surface area contributed by atoms with Crippen LogP contribution in [0.3, 0.4) is 0 Å². The van der Waals surface area contributed by atoms with Gasteiger partial charge >= 0.3 is 6.01 Å². The van der Waals surface area contributed by atoms with E-state index in [4.69, 9.17) is 9.47 Å². The van der Waals surface area contributed by atoms with E-state index in [1.807, 2.05) is 19.9 Å². The molecule has 0 saturated carbocycles. The van der Waals surface area contributed by atoms with Gasteiger partial charge in [-0.15, -0.1) is 0 Å². The smallest absolute Gasteiger partial charge is 0.321 e. The van der Waals surface area contributed by atoms with Crippen molar-refractivity contribution in [3.8, 4) is 23.1 Å². The number of hydrogen-bond acceptors (Lipinski definition) is 7. The van der Waals surface area contributed by atoms with Crippen LogP contribution in [0.15, 0.2) is 18.5 Å². The molecule has 2 rings (SSSR count). The molecule has 2 aromatic heterocycles. The first kappa shape index (κ1) is 15.0. The minimum absolute atomic E-state index is 0.306. The summed E-state index contributed by atoms with van der Waals surface area (Å²) in [6, 6.07) is 2.13. The molecule has 0 unspecified atom stereocenters. The number of ether oxygens (including phenoxy) is 2. The first-order valence-corrected chi connectivity index (χ1v) is 6.89. The highest BCUT2D eigenvalue weighted by Gasteiger charge is 2.10. The third-order valence-corrected chi connectivity index (χ3v) is 2.59. The molecule has 0 radical (unpaired) electrons. The van der Waals surface area contributed by atoms with Gasteiger partial charge in [-0.1, -0.05) is 6.92 Å². The van der Waals surface area contributed by atoms with Crippen LogP contribution in [-0.2, 0) is 0 Å². The van der Waals surface area contributed by atoms with E-state index >= 15 is 0 Å². The Morgan fingerprint density at radius 2 is 2.00 bits per heavy atom. The molecule has 0 atom stereocenters. The Hall–Kier alpha value is -2.44. The largest absolute Gasteiger partial charge is 0.495 e. The molecule has 0 amide bonds. The third kappa shape index (κ3) is 4.01. The second-order valence-electron chi connectivity index (χ2n) is 4.26. The first-order valence-electron chi connectivity index (χ1n) is 6.89. The Morgan fingerprint density at radius 3 is 2.71 bits per heavy atom. The minimum Gasteiger partial charge on any atom is -0.495 e. The molecule has 21 heavy (non-hydrogen) atoms. The van der Waals surface area contributed by atoms with Gasteiger partial charge in [0.1, 0.15) is 5.75 Å². The number of methoxy groups -OCH3 is 1. The van der Waals surface area contributed by atoms with E-state index in [0.29, 0.717) is 36.7 Å². The normalized spacial score (nSPS) is 10.2. The number of pyridine rings is 1. The van der Waals surface area contributed by atoms with Crippen LogP contribution in [0.4, 0.5) is 5.95 Å². The zero-order valence-electron chi connectivity index (χ0n) is 12.5. The standard InChI is InChI=1S/C14H19N5O2/c1-4-6-21-14-18-12(17-13(19-14)16-5-2)10-7-11(20-3)9-15-8-10/h7-9H,4-6H2,1-3H3,(H,16,17,18,19). The SMILES string of the molecule is CCCOc1nc(NCC)nc(-c2cncc(OC)c2)n1. The lowest BCUT2D eigenvalue weighted by Crippen LogP contribution is -2.08. The highest BCUT2D eigenvalue weighted by atomic mass is 16.5. The number of nitrogens with one attached hydrogen (secondary N) is 1. The van der Waals surface area contributed by atoms with Crippen molar-refractivity contribution in [3.05, 3.63) is 18.5 Å². The van der Waals surface area contributed by atoms with Gasteiger partial charge in [0.05, 0.1) is 19.9 Å². The Kier molecular flexibility index (Phi) is 5.25. The van der Waals surface area contributed by atoms with Gasteiger partial charge < -0.3 is 14.8 Å².